The number of esters is 1. The van der Waals surface area contributed by atoms with Crippen LogP contribution in [-0.4, -0.2) is 22.9 Å². The highest BCUT2D eigenvalue weighted by Gasteiger charge is 2.40. The van der Waals surface area contributed by atoms with Crippen molar-refractivity contribution in [2.24, 2.45) is 17.8 Å². The van der Waals surface area contributed by atoms with Crippen LogP contribution in [-0.2, 0) is 16.1 Å². The van der Waals surface area contributed by atoms with Gasteiger partial charge >= 0.3 is 5.97 Å². The third kappa shape index (κ3) is 4.29. The SMILES string of the molecule is Cc1cc(C(=O)COC(=O)C[C@H]2C[C@@H]3CC[C@@H]2C3)c(C)n1Cc1ccc(F)cc1. The van der Waals surface area contributed by atoms with E-state index in [0.717, 1.165) is 29.3 Å². The summed E-state index contributed by atoms with van der Waals surface area (Å²) in [5.41, 5.74) is 3.33. The Morgan fingerprint density at radius 1 is 1.14 bits per heavy atom. The minimum Gasteiger partial charge on any atom is -0.457 e. The zero-order chi connectivity index (χ0) is 20.5. The van der Waals surface area contributed by atoms with E-state index in [-0.39, 0.29) is 24.2 Å². The molecule has 0 aliphatic heterocycles. The van der Waals surface area contributed by atoms with Crippen molar-refractivity contribution in [3.05, 3.63) is 58.7 Å². The van der Waals surface area contributed by atoms with Crippen LogP contribution in [0.3, 0.4) is 0 Å². The van der Waals surface area contributed by atoms with Gasteiger partial charge in [-0.15, -0.1) is 0 Å². The van der Waals surface area contributed by atoms with Crippen LogP contribution in [0, 0.1) is 37.4 Å². The number of nitrogens with zero attached hydrogens (tertiary/aromatic N) is 1. The third-order valence-electron chi connectivity index (χ3n) is 6.81. The van der Waals surface area contributed by atoms with Gasteiger partial charge in [-0.1, -0.05) is 18.6 Å². The second-order valence-corrected chi connectivity index (χ2v) is 8.72. The van der Waals surface area contributed by atoms with Gasteiger partial charge in [0.25, 0.3) is 0 Å². The Hall–Kier alpha value is -2.43. The number of carbonyl (C=O) groups excluding carboxylic acids is 2. The minimum atomic E-state index is -0.266. The van der Waals surface area contributed by atoms with Crippen LogP contribution >= 0.6 is 0 Å². The second kappa shape index (κ2) is 8.13. The van der Waals surface area contributed by atoms with Gasteiger partial charge in [0.15, 0.2) is 6.61 Å². The maximum absolute atomic E-state index is 13.1. The van der Waals surface area contributed by atoms with E-state index >= 15 is 0 Å². The maximum Gasteiger partial charge on any atom is 0.306 e. The highest BCUT2D eigenvalue weighted by atomic mass is 19.1. The van der Waals surface area contributed by atoms with E-state index in [1.807, 2.05) is 24.5 Å². The number of aryl methyl sites for hydroxylation is 1. The van der Waals surface area contributed by atoms with Crippen molar-refractivity contribution >= 4 is 11.8 Å². The summed E-state index contributed by atoms with van der Waals surface area (Å²) in [7, 11) is 0. The Bertz CT molecular complexity index is 915. The Labute approximate surface area is 171 Å². The van der Waals surface area contributed by atoms with Crippen LogP contribution in [0.15, 0.2) is 30.3 Å². The van der Waals surface area contributed by atoms with Crippen LogP contribution in [0.1, 0.15) is 59.4 Å². The van der Waals surface area contributed by atoms with Crippen molar-refractivity contribution in [3.63, 3.8) is 0 Å². The molecule has 0 saturated heterocycles. The predicted molar refractivity (Wildman–Crippen MR) is 108 cm³/mol. The van der Waals surface area contributed by atoms with E-state index in [4.69, 9.17) is 4.74 Å². The molecule has 2 saturated carbocycles. The number of hydrogen-bond donors (Lipinski definition) is 0. The number of rotatable bonds is 7. The fourth-order valence-electron chi connectivity index (χ4n) is 5.22. The van der Waals surface area contributed by atoms with Crippen LogP contribution in [0.4, 0.5) is 4.39 Å². The summed E-state index contributed by atoms with van der Waals surface area (Å²) in [6, 6.07) is 8.20. The minimum absolute atomic E-state index is 0.176. The Balaban J connectivity index is 1.34. The molecule has 0 radical (unpaired) electrons. The van der Waals surface area contributed by atoms with Crippen molar-refractivity contribution in [1.82, 2.24) is 4.57 Å². The number of fused-ring (bicyclic) bond motifs is 2. The summed E-state index contributed by atoms with van der Waals surface area (Å²) < 4.78 is 20.5. The fraction of sp³-hybridized carbons (Fsp3) is 0.500. The molecule has 29 heavy (non-hydrogen) atoms. The van der Waals surface area contributed by atoms with Crippen LogP contribution < -0.4 is 0 Å². The molecule has 1 aromatic carbocycles. The van der Waals surface area contributed by atoms with Gasteiger partial charge in [-0.05, 0) is 74.6 Å². The summed E-state index contributed by atoms with van der Waals surface area (Å²) in [6.07, 6.45) is 5.39. The molecule has 1 heterocycles. The zero-order valence-corrected chi connectivity index (χ0v) is 17.1. The lowest BCUT2D eigenvalue weighted by molar-refractivity contribution is -0.144. The average molecular weight is 397 g/mol. The Morgan fingerprint density at radius 3 is 2.55 bits per heavy atom. The van der Waals surface area contributed by atoms with Gasteiger partial charge in [-0.3, -0.25) is 9.59 Å². The largest absolute Gasteiger partial charge is 0.457 e. The summed E-state index contributed by atoms with van der Waals surface area (Å²) in [5.74, 6) is 1.22. The molecular weight excluding hydrogens is 369 g/mol. The smallest absolute Gasteiger partial charge is 0.306 e. The van der Waals surface area contributed by atoms with E-state index in [1.165, 1.54) is 31.4 Å². The lowest BCUT2D eigenvalue weighted by atomic mass is 9.86. The fourth-order valence-corrected chi connectivity index (χ4v) is 5.22. The van der Waals surface area contributed by atoms with Crippen LogP contribution in [0.25, 0.3) is 0 Å². The number of ketones is 1. The van der Waals surface area contributed by atoms with Gasteiger partial charge in [0, 0.05) is 29.9 Å². The van der Waals surface area contributed by atoms with Crippen molar-refractivity contribution in [3.8, 4) is 0 Å². The topological polar surface area (TPSA) is 48.3 Å². The first kappa shape index (κ1) is 19.9. The molecule has 0 N–H and O–H groups in total. The summed E-state index contributed by atoms with van der Waals surface area (Å²) in [4.78, 5) is 24.9. The zero-order valence-electron chi connectivity index (χ0n) is 17.1. The van der Waals surface area contributed by atoms with Gasteiger partial charge in [0.05, 0.1) is 0 Å². The van der Waals surface area contributed by atoms with E-state index in [0.29, 0.717) is 30.4 Å². The maximum atomic E-state index is 13.1. The molecular formula is C24H28FNO3. The molecule has 4 rings (SSSR count). The molecule has 2 aliphatic rings. The van der Waals surface area contributed by atoms with Crippen molar-refractivity contribution < 1.29 is 18.7 Å². The summed E-state index contributed by atoms with van der Waals surface area (Å²) in [5, 5.41) is 0. The highest BCUT2D eigenvalue weighted by molar-refractivity contribution is 5.99. The molecule has 2 aliphatic carbocycles. The summed E-state index contributed by atoms with van der Waals surface area (Å²) in [6.45, 7) is 4.19. The number of carbonyl (C=O) groups is 2. The first-order chi connectivity index (χ1) is 13.9. The number of benzene rings is 1. The highest BCUT2D eigenvalue weighted by Crippen LogP contribution is 2.49. The number of aromatic nitrogens is 1. The second-order valence-electron chi connectivity index (χ2n) is 8.72. The number of ether oxygens (including phenoxy) is 1. The van der Waals surface area contributed by atoms with Crippen LogP contribution in [0.5, 0.6) is 0 Å². The number of Topliss-reactive ketones (excluding diaryl/α,β-unsaturated/α-hetero) is 1. The van der Waals surface area contributed by atoms with Crippen LogP contribution in [0.2, 0.25) is 0 Å². The molecule has 5 heteroatoms. The number of halogens is 1. The normalized spacial score (nSPS) is 22.8. The van der Waals surface area contributed by atoms with Gasteiger partial charge in [0.1, 0.15) is 5.82 Å². The van der Waals surface area contributed by atoms with Crippen molar-refractivity contribution in [1.29, 1.82) is 0 Å². The van der Waals surface area contributed by atoms with Gasteiger partial charge < -0.3 is 9.30 Å². The standard InChI is InChI=1S/C24H28FNO3/c1-15-9-22(16(2)26(15)13-17-4-7-21(25)8-5-17)23(27)14-29-24(28)12-20-11-18-3-6-19(20)10-18/h4-5,7-9,18-20H,3,6,10-14H2,1-2H3/t18-,19-,20-/m1/s1. The molecule has 2 bridgehead atoms. The number of hydrogen-bond acceptors (Lipinski definition) is 3. The molecule has 3 atom stereocenters. The molecule has 0 unspecified atom stereocenters. The monoisotopic (exact) mass is 397 g/mol. The average Bonchev–Trinajstić information content (AvgIpc) is 3.38. The van der Waals surface area contributed by atoms with Crippen molar-refractivity contribution in [2.45, 2.75) is 52.5 Å². The predicted octanol–water partition coefficient (Wildman–Crippen LogP) is 4.84. The van der Waals surface area contributed by atoms with Gasteiger partial charge in [0.2, 0.25) is 5.78 Å². The molecule has 4 nitrogen and oxygen atoms in total. The van der Waals surface area contributed by atoms with E-state index in [1.54, 1.807) is 12.1 Å². The molecule has 1 aromatic heterocycles. The first-order valence-corrected chi connectivity index (χ1v) is 10.5. The van der Waals surface area contributed by atoms with E-state index < -0.39 is 0 Å². The molecule has 2 aromatic rings. The van der Waals surface area contributed by atoms with E-state index in [9.17, 15) is 14.0 Å². The molecule has 0 amide bonds. The summed E-state index contributed by atoms with van der Waals surface area (Å²) >= 11 is 0. The third-order valence-corrected chi connectivity index (χ3v) is 6.81. The first-order valence-electron chi connectivity index (χ1n) is 10.5. The van der Waals surface area contributed by atoms with Gasteiger partial charge in [-0.2, -0.15) is 0 Å². The molecule has 154 valence electrons. The Kier molecular flexibility index (Phi) is 5.57. The molecule has 0 spiro atoms. The van der Waals surface area contributed by atoms with Crippen molar-refractivity contribution in [2.75, 3.05) is 6.61 Å². The molecule has 2 fully saturated rings. The lowest BCUT2D eigenvalue weighted by Gasteiger charge is -2.20. The lowest BCUT2D eigenvalue weighted by Crippen LogP contribution is -2.20. The Morgan fingerprint density at radius 2 is 1.90 bits per heavy atom. The van der Waals surface area contributed by atoms with Gasteiger partial charge in [-0.25, -0.2) is 4.39 Å². The van der Waals surface area contributed by atoms with E-state index in [2.05, 4.69) is 0 Å². The quantitative estimate of drug-likeness (QED) is 0.496.